The number of aromatic nitrogens is 3. The van der Waals surface area contributed by atoms with Crippen molar-refractivity contribution in [2.45, 2.75) is 0 Å². The van der Waals surface area contributed by atoms with Gasteiger partial charge in [-0.3, -0.25) is 4.57 Å². The lowest BCUT2D eigenvalue weighted by atomic mass is 9.98. The fourth-order valence-corrected chi connectivity index (χ4v) is 9.42. The number of rotatable bonds is 3. The van der Waals surface area contributed by atoms with Gasteiger partial charge in [0.2, 0.25) is 0 Å². The van der Waals surface area contributed by atoms with E-state index in [1.165, 1.54) is 42.6 Å². The second kappa shape index (κ2) is 10.8. The molecule has 0 aliphatic heterocycles. The molecule has 5 heteroatoms. The van der Waals surface area contributed by atoms with Crippen LogP contribution in [0.2, 0.25) is 0 Å². The van der Waals surface area contributed by atoms with Crippen molar-refractivity contribution in [3.8, 4) is 28.3 Å². The summed E-state index contributed by atoms with van der Waals surface area (Å²) in [6, 6.07) is 58.3. The molecule has 0 N–H and O–H groups in total. The van der Waals surface area contributed by atoms with Crippen LogP contribution in [-0.2, 0) is 0 Å². The first kappa shape index (κ1) is 28.8. The summed E-state index contributed by atoms with van der Waals surface area (Å²) in [5.74, 6) is 1.56. The predicted octanol–water partition coefficient (Wildman–Crippen LogP) is 13.5. The van der Waals surface area contributed by atoms with Gasteiger partial charge in [-0.1, -0.05) is 115 Å². The molecule has 0 atom stereocenters. The lowest BCUT2D eigenvalue weighted by molar-refractivity contribution is 0.669. The van der Waals surface area contributed by atoms with Gasteiger partial charge in [-0.25, -0.2) is 9.97 Å². The van der Waals surface area contributed by atoms with Crippen LogP contribution in [0.4, 0.5) is 0 Å². The second-order valence-corrected chi connectivity index (χ2v) is 14.8. The molecular weight excluding hydrogens is 667 g/mol. The zero-order valence-corrected chi connectivity index (χ0v) is 29.1. The number of hydrogen-bond donors (Lipinski definition) is 0. The van der Waals surface area contributed by atoms with Gasteiger partial charge in [0.15, 0.2) is 11.6 Å². The molecule has 12 rings (SSSR count). The number of thiophene rings is 1. The standard InChI is InChI=1S/C48H27N3OS/c1-2-11-29-24-32(21-20-28(29)10-1)33-22-23-41-38(26-33)44-36(16-9-18-42(44)52-41)47-49-45-35-15-6-8-19-43(35)53-46(45)48(50-47)51-39-17-7-5-14-34(39)37-25-30-12-3-4-13-31(30)27-40(37)51/h1-27H. The Morgan fingerprint density at radius 2 is 1.19 bits per heavy atom. The molecule has 0 amide bonds. The van der Waals surface area contributed by atoms with Gasteiger partial charge >= 0.3 is 0 Å². The predicted molar refractivity (Wildman–Crippen MR) is 222 cm³/mol. The lowest BCUT2D eigenvalue weighted by Crippen LogP contribution is -2.01. The summed E-state index contributed by atoms with van der Waals surface area (Å²) >= 11 is 1.75. The Bertz CT molecular complexity index is 3480. The van der Waals surface area contributed by atoms with Crippen LogP contribution in [0.3, 0.4) is 0 Å². The van der Waals surface area contributed by atoms with E-state index in [1.54, 1.807) is 11.3 Å². The third-order valence-corrected chi connectivity index (χ3v) is 11.9. The number of para-hydroxylation sites is 1. The molecule has 0 saturated carbocycles. The van der Waals surface area contributed by atoms with Crippen molar-refractivity contribution in [2.24, 2.45) is 0 Å². The number of benzene rings is 8. The normalized spacial score (nSPS) is 12.2. The van der Waals surface area contributed by atoms with Crippen LogP contribution < -0.4 is 0 Å². The van der Waals surface area contributed by atoms with Crippen molar-refractivity contribution in [2.75, 3.05) is 0 Å². The van der Waals surface area contributed by atoms with Crippen molar-refractivity contribution < 1.29 is 4.42 Å². The van der Waals surface area contributed by atoms with E-state index in [9.17, 15) is 0 Å². The van der Waals surface area contributed by atoms with Crippen molar-refractivity contribution in [1.82, 2.24) is 14.5 Å². The molecule has 8 aromatic carbocycles. The summed E-state index contributed by atoms with van der Waals surface area (Å²) in [5.41, 5.74) is 8.11. The zero-order chi connectivity index (χ0) is 34.6. The second-order valence-electron chi connectivity index (χ2n) is 13.8. The average molecular weight is 694 g/mol. The Hall–Kier alpha value is -6.82. The Labute approximate surface area is 306 Å². The molecule has 0 radical (unpaired) electrons. The van der Waals surface area contributed by atoms with E-state index < -0.39 is 0 Å². The molecule has 4 aromatic heterocycles. The molecule has 246 valence electrons. The zero-order valence-electron chi connectivity index (χ0n) is 28.2. The Balaban J connectivity index is 1.16. The quantitative estimate of drug-likeness (QED) is 0.185. The van der Waals surface area contributed by atoms with E-state index in [2.05, 4.69) is 162 Å². The van der Waals surface area contributed by atoms with Gasteiger partial charge in [-0.15, -0.1) is 11.3 Å². The smallest absolute Gasteiger partial charge is 0.163 e. The number of furan rings is 1. The first-order valence-electron chi connectivity index (χ1n) is 17.8. The highest BCUT2D eigenvalue weighted by Gasteiger charge is 2.23. The molecule has 4 nitrogen and oxygen atoms in total. The van der Waals surface area contributed by atoms with Crippen molar-refractivity contribution >= 4 is 96.9 Å². The van der Waals surface area contributed by atoms with Crippen LogP contribution >= 0.6 is 11.3 Å². The van der Waals surface area contributed by atoms with E-state index in [1.807, 2.05) is 6.07 Å². The van der Waals surface area contributed by atoms with Gasteiger partial charge in [-0.05, 0) is 81.2 Å². The highest BCUT2D eigenvalue weighted by atomic mass is 32.1. The maximum absolute atomic E-state index is 6.52. The first-order chi connectivity index (χ1) is 26.2. The number of fused-ring (bicyclic) bond motifs is 11. The number of hydrogen-bond acceptors (Lipinski definition) is 4. The van der Waals surface area contributed by atoms with E-state index in [4.69, 9.17) is 14.4 Å². The fraction of sp³-hybridized carbons (Fsp3) is 0. The SMILES string of the molecule is c1ccc2cc(-c3ccc4oc5cccc(-c6nc(-n7c8ccccc8c8cc9ccccc9cc87)c7sc8ccccc8c7n6)c5c4c3)ccc2c1. The minimum Gasteiger partial charge on any atom is -0.456 e. The first-order valence-corrected chi connectivity index (χ1v) is 18.6. The lowest BCUT2D eigenvalue weighted by Gasteiger charge is -2.12. The molecule has 0 bridgehead atoms. The van der Waals surface area contributed by atoms with Crippen LogP contribution in [0.1, 0.15) is 0 Å². The summed E-state index contributed by atoms with van der Waals surface area (Å²) in [4.78, 5) is 11.0. The van der Waals surface area contributed by atoms with E-state index in [0.717, 1.165) is 65.5 Å². The van der Waals surface area contributed by atoms with Crippen molar-refractivity contribution in [1.29, 1.82) is 0 Å². The molecule has 0 aliphatic carbocycles. The molecule has 0 unspecified atom stereocenters. The Morgan fingerprint density at radius 3 is 2.08 bits per heavy atom. The summed E-state index contributed by atoms with van der Waals surface area (Å²) in [6.07, 6.45) is 0. The van der Waals surface area contributed by atoms with Gasteiger partial charge in [0.25, 0.3) is 0 Å². The van der Waals surface area contributed by atoms with Gasteiger partial charge in [-0.2, -0.15) is 0 Å². The van der Waals surface area contributed by atoms with Gasteiger partial charge in [0.05, 0.1) is 21.3 Å². The summed E-state index contributed by atoms with van der Waals surface area (Å²) in [7, 11) is 0. The molecule has 4 heterocycles. The third-order valence-electron chi connectivity index (χ3n) is 10.8. The largest absolute Gasteiger partial charge is 0.456 e. The van der Waals surface area contributed by atoms with Crippen LogP contribution in [0.15, 0.2) is 168 Å². The van der Waals surface area contributed by atoms with E-state index in [-0.39, 0.29) is 0 Å². The highest BCUT2D eigenvalue weighted by molar-refractivity contribution is 7.26. The Kier molecular flexibility index (Phi) is 5.90. The molecule has 12 aromatic rings. The molecule has 0 spiro atoms. The minimum atomic E-state index is 0.673. The van der Waals surface area contributed by atoms with Gasteiger partial charge < -0.3 is 4.42 Å². The van der Waals surface area contributed by atoms with Gasteiger partial charge in [0, 0.05) is 37.2 Å². The van der Waals surface area contributed by atoms with E-state index in [0.29, 0.717) is 5.82 Å². The maximum Gasteiger partial charge on any atom is 0.163 e. The monoisotopic (exact) mass is 693 g/mol. The van der Waals surface area contributed by atoms with Gasteiger partial charge in [0.1, 0.15) is 11.2 Å². The van der Waals surface area contributed by atoms with Crippen molar-refractivity contribution in [3.63, 3.8) is 0 Å². The van der Waals surface area contributed by atoms with Crippen molar-refractivity contribution in [3.05, 3.63) is 164 Å². The van der Waals surface area contributed by atoms with Crippen LogP contribution in [0.5, 0.6) is 0 Å². The number of nitrogens with zero attached hydrogens (tertiary/aromatic N) is 3. The third kappa shape index (κ3) is 4.23. The van der Waals surface area contributed by atoms with Crippen LogP contribution in [0.25, 0.3) is 114 Å². The minimum absolute atomic E-state index is 0.673. The molecule has 0 aliphatic rings. The van der Waals surface area contributed by atoms with Crippen LogP contribution in [-0.4, -0.2) is 14.5 Å². The topological polar surface area (TPSA) is 43.9 Å². The Morgan fingerprint density at radius 1 is 0.472 bits per heavy atom. The maximum atomic E-state index is 6.52. The fourth-order valence-electron chi connectivity index (χ4n) is 8.29. The molecule has 53 heavy (non-hydrogen) atoms. The highest BCUT2D eigenvalue weighted by Crippen LogP contribution is 2.43. The average Bonchev–Trinajstić information content (AvgIpc) is 3.88. The summed E-state index contributed by atoms with van der Waals surface area (Å²) in [5, 5.41) is 10.5. The summed E-state index contributed by atoms with van der Waals surface area (Å²) < 4.78 is 11.1. The molecular formula is C48H27N3OS. The molecule has 0 saturated heterocycles. The summed E-state index contributed by atoms with van der Waals surface area (Å²) in [6.45, 7) is 0. The molecule has 0 fully saturated rings. The van der Waals surface area contributed by atoms with E-state index >= 15 is 0 Å². The van der Waals surface area contributed by atoms with Crippen LogP contribution in [0, 0.1) is 0 Å².